The Morgan fingerprint density at radius 1 is 1.17 bits per heavy atom. The molecule has 4 rings (SSSR count). The number of benzene rings is 1. The topological polar surface area (TPSA) is 69.0 Å². The van der Waals surface area contributed by atoms with Crippen LogP contribution >= 0.6 is 0 Å². The highest BCUT2D eigenvalue weighted by molar-refractivity contribution is 5.57. The van der Waals surface area contributed by atoms with Crippen LogP contribution in [-0.4, -0.2) is 50.5 Å². The predicted octanol–water partition coefficient (Wildman–Crippen LogP) is 1.64. The van der Waals surface area contributed by atoms with Crippen LogP contribution in [0.5, 0.6) is 0 Å². The van der Waals surface area contributed by atoms with Crippen LogP contribution in [0.2, 0.25) is 0 Å². The van der Waals surface area contributed by atoms with Crippen molar-refractivity contribution in [3.63, 3.8) is 0 Å². The highest BCUT2D eigenvalue weighted by Gasteiger charge is 2.22. The molecule has 0 spiro atoms. The zero-order chi connectivity index (χ0) is 16.2. The van der Waals surface area contributed by atoms with Crippen molar-refractivity contribution in [3.8, 4) is 11.4 Å². The first-order chi connectivity index (χ1) is 11.9. The molecule has 7 nitrogen and oxygen atoms in total. The summed E-state index contributed by atoms with van der Waals surface area (Å²) in [6.07, 6.45) is 5.13. The molecule has 1 atom stereocenters. The molecule has 1 saturated heterocycles. The minimum atomic E-state index is 0.0654. The molecule has 1 unspecified atom stereocenters. The summed E-state index contributed by atoms with van der Waals surface area (Å²) in [7, 11) is 0. The van der Waals surface area contributed by atoms with Gasteiger partial charge in [-0.3, -0.25) is 4.68 Å². The molecule has 0 N–H and O–H groups in total. The van der Waals surface area contributed by atoms with E-state index in [1.807, 2.05) is 42.6 Å². The van der Waals surface area contributed by atoms with Crippen molar-refractivity contribution in [3.05, 3.63) is 55.2 Å². The van der Waals surface area contributed by atoms with E-state index in [2.05, 4.69) is 20.0 Å². The van der Waals surface area contributed by atoms with Gasteiger partial charge < -0.3 is 9.64 Å². The quantitative estimate of drug-likeness (QED) is 0.727. The minimum absolute atomic E-state index is 0.0654. The zero-order valence-electron chi connectivity index (χ0n) is 13.2. The molecule has 1 aliphatic heterocycles. The Labute approximate surface area is 140 Å². The molecule has 0 radical (unpaired) electrons. The third-order valence-electron chi connectivity index (χ3n) is 3.99. The number of hydrogen-bond donors (Lipinski definition) is 0. The minimum Gasteiger partial charge on any atom is -0.373 e. The number of rotatable bonds is 4. The van der Waals surface area contributed by atoms with Gasteiger partial charge in [-0.05, 0) is 6.07 Å². The van der Waals surface area contributed by atoms with E-state index < -0.39 is 0 Å². The van der Waals surface area contributed by atoms with E-state index >= 15 is 0 Å². The largest absolute Gasteiger partial charge is 0.373 e. The number of morpholine rings is 1. The van der Waals surface area contributed by atoms with Crippen LogP contribution in [0.25, 0.3) is 11.4 Å². The molecule has 1 aromatic carbocycles. The van der Waals surface area contributed by atoms with Crippen molar-refractivity contribution in [1.29, 1.82) is 0 Å². The van der Waals surface area contributed by atoms with Crippen LogP contribution in [0.3, 0.4) is 0 Å². The summed E-state index contributed by atoms with van der Waals surface area (Å²) >= 11 is 0. The molecular formula is C17H18N6O. The summed E-state index contributed by atoms with van der Waals surface area (Å²) in [5.74, 6) is 1.67. The Morgan fingerprint density at radius 3 is 2.92 bits per heavy atom. The molecular weight excluding hydrogens is 304 g/mol. The maximum absolute atomic E-state index is 5.84. The smallest absolute Gasteiger partial charge is 0.161 e. The van der Waals surface area contributed by atoms with Crippen LogP contribution in [0.1, 0.15) is 0 Å². The summed E-state index contributed by atoms with van der Waals surface area (Å²) in [5, 5.41) is 4.14. The highest BCUT2D eigenvalue weighted by atomic mass is 16.5. The number of ether oxygens (including phenoxy) is 1. The SMILES string of the molecule is c1ccc(-c2nccc(N3CCOC(Cn4cncn4)C3)n2)cc1. The van der Waals surface area contributed by atoms with E-state index in [9.17, 15) is 0 Å². The standard InChI is InChI=1S/C17H18N6O/c1-2-4-14(5-3-1)17-19-7-6-16(21-17)22-8-9-24-15(10-22)11-23-13-18-12-20-23/h1-7,12-13,15H,8-11H2. The van der Waals surface area contributed by atoms with Crippen LogP contribution in [0, 0.1) is 0 Å². The number of nitrogens with zero attached hydrogens (tertiary/aromatic N) is 6. The van der Waals surface area contributed by atoms with Crippen molar-refractivity contribution in [2.24, 2.45) is 0 Å². The van der Waals surface area contributed by atoms with Crippen LogP contribution in [0.4, 0.5) is 5.82 Å². The molecule has 3 heterocycles. The van der Waals surface area contributed by atoms with Gasteiger partial charge in [-0.25, -0.2) is 15.0 Å². The Hall–Kier alpha value is -2.80. The van der Waals surface area contributed by atoms with Gasteiger partial charge in [-0.2, -0.15) is 5.10 Å². The molecule has 7 heteroatoms. The van der Waals surface area contributed by atoms with Gasteiger partial charge >= 0.3 is 0 Å². The van der Waals surface area contributed by atoms with Crippen LogP contribution in [0.15, 0.2) is 55.2 Å². The molecule has 122 valence electrons. The van der Waals surface area contributed by atoms with Crippen LogP contribution < -0.4 is 4.90 Å². The Bertz CT molecular complexity index is 777. The maximum Gasteiger partial charge on any atom is 0.161 e. The second-order valence-electron chi connectivity index (χ2n) is 5.66. The summed E-state index contributed by atoms with van der Waals surface area (Å²) in [4.78, 5) is 15.3. The van der Waals surface area contributed by atoms with E-state index in [4.69, 9.17) is 9.72 Å². The number of hydrogen-bond acceptors (Lipinski definition) is 6. The molecule has 1 fully saturated rings. The normalized spacial score (nSPS) is 17.8. The molecule has 0 bridgehead atoms. The van der Waals surface area contributed by atoms with Crippen molar-refractivity contribution in [2.45, 2.75) is 12.6 Å². The lowest BCUT2D eigenvalue weighted by molar-refractivity contribution is 0.0271. The molecule has 24 heavy (non-hydrogen) atoms. The Balaban J connectivity index is 1.51. The third-order valence-corrected chi connectivity index (χ3v) is 3.99. The second-order valence-corrected chi connectivity index (χ2v) is 5.66. The Kier molecular flexibility index (Phi) is 4.16. The van der Waals surface area contributed by atoms with Crippen molar-refractivity contribution < 1.29 is 4.74 Å². The second kappa shape index (κ2) is 6.76. The van der Waals surface area contributed by atoms with Crippen molar-refractivity contribution >= 4 is 5.82 Å². The van der Waals surface area contributed by atoms with Gasteiger partial charge in [0.2, 0.25) is 0 Å². The van der Waals surface area contributed by atoms with Crippen molar-refractivity contribution in [2.75, 3.05) is 24.6 Å². The maximum atomic E-state index is 5.84. The monoisotopic (exact) mass is 322 g/mol. The fraction of sp³-hybridized carbons (Fsp3) is 0.294. The average Bonchev–Trinajstić information content (AvgIpc) is 3.16. The first kappa shape index (κ1) is 14.8. The molecule has 3 aromatic rings. The Morgan fingerprint density at radius 2 is 2.08 bits per heavy atom. The zero-order valence-corrected chi connectivity index (χ0v) is 13.2. The van der Waals surface area contributed by atoms with Crippen molar-refractivity contribution in [1.82, 2.24) is 24.7 Å². The molecule has 0 aliphatic carbocycles. The third kappa shape index (κ3) is 3.26. The lowest BCUT2D eigenvalue weighted by Gasteiger charge is -2.33. The lowest BCUT2D eigenvalue weighted by atomic mass is 10.2. The summed E-state index contributed by atoms with van der Waals surface area (Å²) < 4.78 is 7.64. The molecule has 0 amide bonds. The first-order valence-electron chi connectivity index (χ1n) is 7.96. The van der Waals surface area contributed by atoms with E-state index in [-0.39, 0.29) is 6.10 Å². The highest BCUT2D eigenvalue weighted by Crippen LogP contribution is 2.20. The van der Waals surface area contributed by atoms with Gasteiger partial charge in [0.15, 0.2) is 5.82 Å². The fourth-order valence-corrected chi connectivity index (χ4v) is 2.83. The fourth-order valence-electron chi connectivity index (χ4n) is 2.83. The summed E-state index contributed by atoms with van der Waals surface area (Å²) in [5.41, 5.74) is 1.02. The van der Waals surface area contributed by atoms with E-state index in [1.165, 1.54) is 6.33 Å². The van der Waals surface area contributed by atoms with Gasteiger partial charge in [0.05, 0.1) is 19.3 Å². The average molecular weight is 322 g/mol. The van der Waals surface area contributed by atoms with Crippen LogP contribution in [-0.2, 0) is 11.3 Å². The first-order valence-corrected chi connectivity index (χ1v) is 7.96. The summed E-state index contributed by atoms with van der Waals surface area (Å²) in [6, 6.07) is 12.0. The van der Waals surface area contributed by atoms with Gasteiger partial charge in [-0.15, -0.1) is 0 Å². The molecule has 0 saturated carbocycles. The number of aromatic nitrogens is 5. The van der Waals surface area contributed by atoms with Gasteiger partial charge in [0.1, 0.15) is 18.5 Å². The van der Waals surface area contributed by atoms with Gasteiger partial charge in [0.25, 0.3) is 0 Å². The number of anilines is 1. The van der Waals surface area contributed by atoms with Gasteiger partial charge in [0, 0.05) is 24.8 Å². The predicted molar refractivity (Wildman–Crippen MR) is 89.4 cm³/mol. The van der Waals surface area contributed by atoms with Gasteiger partial charge in [-0.1, -0.05) is 30.3 Å². The molecule has 1 aliphatic rings. The lowest BCUT2D eigenvalue weighted by Crippen LogP contribution is -2.44. The van der Waals surface area contributed by atoms with E-state index in [0.717, 1.165) is 30.3 Å². The molecule has 2 aromatic heterocycles. The van der Waals surface area contributed by atoms with E-state index in [1.54, 1.807) is 11.0 Å². The summed E-state index contributed by atoms with van der Waals surface area (Å²) in [6.45, 7) is 2.95. The van der Waals surface area contributed by atoms with E-state index in [0.29, 0.717) is 13.2 Å².